The van der Waals surface area contributed by atoms with Crippen LogP contribution in [0, 0.1) is 23.5 Å². The van der Waals surface area contributed by atoms with E-state index in [1.54, 1.807) is 12.1 Å². The van der Waals surface area contributed by atoms with Gasteiger partial charge in [0.2, 0.25) is 11.7 Å². The molecule has 1 N–H and O–H groups in total. The third-order valence-corrected chi connectivity index (χ3v) is 5.81. The van der Waals surface area contributed by atoms with Crippen LogP contribution in [0.15, 0.2) is 47.5 Å². The Morgan fingerprint density at radius 2 is 1.97 bits per heavy atom. The highest BCUT2D eigenvalue weighted by Gasteiger charge is 2.22. The summed E-state index contributed by atoms with van der Waals surface area (Å²) in [5.74, 6) is 3.95. The number of sulfonamides is 1. The quantitative estimate of drug-likeness (QED) is 0.446. The van der Waals surface area contributed by atoms with Crippen molar-refractivity contribution >= 4 is 21.4 Å². The highest BCUT2D eigenvalue weighted by atomic mass is 32.2. The molecule has 0 aliphatic rings. The first-order chi connectivity index (χ1) is 15.8. The Hall–Kier alpha value is -4.11. The first-order valence-electron chi connectivity index (χ1n) is 9.56. The van der Waals surface area contributed by atoms with Gasteiger partial charge < -0.3 is 4.74 Å². The Labute approximate surface area is 187 Å². The summed E-state index contributed by atoms with van der Waals surface area (Å²) in [6.07, 6.45) is 2.07. The maximum Gasteiger partial charge on any atom is 0.264 e. The molecule has 0 spiro atoms. The van der Waals surface area contributed by atoms with Crippen molar-refractivity contribution in [1.82, 2.24) is 24.8 Å². The van der Waals surface area contributed by atoms with Crippen molar-refractivity contribution in [2.24, 2.45) is 0 Å². The van der Waals surface area contributed by atoms with E-state index in [9.17, 15) is 17.2 Å². The summed E-state index contributed by atoms with van der Waals surface area (Å²) in [7, 11) is -3.11. The van der Waals surface area contributed by atoms with Crippen molar-refractivity contribution in [2.45, 2.75) is 18.2 Å². The van der Waals surface area contributed by atoms with Gasteiger partial charge in [0.15, 0.2) is 5.65 Å². The summed E-state index contributed by atoms with van der Waals surface area (Å²) in [5, 5.41) is 12.5. The second-order valence-electron chi connectivity index (χ2n) is 6.63. The van der Waals surface area contributed by atoms with Gasteiger partial charge in [-0.2, -0.15) is 9.61 Å². The van der Waals surface area contributed by atoms with Crippen molar-refractivity contribution in [3.63, 3.8) is 0 Å². The molecule has 3 aromatic heterocycles. The van der Waals surface area contributed by atoms with Crippen LogP contribution in [0.25, 0.3) is 16.9 Å². The Kier molecular flexibility index (Phi) is 5.89. The lowest BCUT2D eigenvalue weighted by molar-refractivity contribution is 0.400. The van der Waals surface area contributed by atoms with Crippen LogP contribution < -0.4 is 9.46 Å². The van der Waals surface area contributed by atoms with Crippen LogP contribution in [0.3, 0.4) is 0 Å². The Morgan fingerprint density at radius 3 is 2.70 bits per heavy atom. The molecule has 0 aliphatic carbocycles. The molecule has 12 heteroatoms. The number of ether oxygens (including phenoxy) is 1. The van der Waals surface area contributed by atoms with Crippen molar-refractivity contribution in [3.8, 4) is 29.0 Å². The molecule has 0 aliphatic heterocycles. The van der Waals surface area contributed by atoms with Gasteiger partial charge in [-0.3, -0.25) is 4.72 Å². The lowest BCUT2D eigenvalue weighted by Crippen LogP contribution is -2.16. The highest BCUT2D eigenvalue weighted by Crippen LogP contribution is 2.30. The number of aromatic nitrogens is 5. The zero-order valence-corrected chi connectivity index (χ0v) is 18.2. The van der Waals surface area contributed by atoms with Gasteiger partial charge in [0.1, 0.15) is 22.2 Å². The van der Waals surface area contributed by atoms with Crippen LogP contribution >= 0.6 is 0 Å². The first-order valence-corrected chi connectivity index (χ1v) is 11.0. The van der Waals surface area contributed by atoms with E-state index in [2.05, 4.69) is 36.8 Å². The average Bonchev–Trinajstić information content (AvgIpc) is 3.19. The number of pyridine rings is 1. The monoisotopic (exact) mass is 470 g/mol. The van der Waals surface area contributed by atoms with E-state index in [4.69, 9.17) is 4.74 Å². The van der Waals surface area contributed by atoms with Crippen molar-refractivity contribution in [2.75, 3.05) is 11.8 Å². The normalized spacial score (nSPS) is 11.2. The van der Waals surface area contributed by atoms with Crippen LogP contribution in [0.2, 0.25) is 0 Å². The minimum Gasteiger partial charge on any atom is -0.480 e. The number of halogens is 2. The summed E-state index contributed by atoms with van der Waals surface area (Å²) >= 11 is 0. The smallest absolute Gasteiger partial charge is 0.264 e. The molecule has 0 fully saturated rings. The molecule has 33 heavy (non-hydrogen) atoms. The molecule has 1 aromatic carbocycles. The molecule has 0 saturated heterocycles. The molecule has 0 radical (unpaired) electrons. The summed E-state index contributed by atoms with van der Waals surface area (Å²) in [4.78, 5) is 3.39. The molecular weight excluding hydrogens is 454 g/mol. The Bertz CT molecular complexity index is 1530. The molecule has 9 nitrogen and oxygen atoms in total. The summed E-state index contributed by atoms with van der Waals surface area (Å²) in [6.45, 7) is 1.90. The van der Waals surface area contributed by atoms with E-state index in [0.717, 1.165) is 12.1 Å². The fourth-order valence-electron chi connectivity index (χ4n) is 2.91. The molecule has 0 amide bonds. The zero-order valence-electron chi connectivity index (χ0n) is 17.4. The third-order valence-electron chi connectivity index (χ3n) is 4.41. The van der Waals surface area contributed by atoms with Gasteiger partial charge >= 0.3 is 0 Å². The van der Waals surface area contributed by atoms with Gasteiger partial charge in [-0.15, -0.1) is 10.2 Å². The Balaban J connectivity index is 1.76. The molecule has 168 valence electrons. The van der Waals surface area contributed by atoms with Crippen LogP contribution in [0.5, 0.6) is 5.88 Å². The van der Waals surface area contributed by atoms with Crippen molar-refractivity contribution in [1.29, 1.82) is 0 Å². The number of nitrogens with zero attached hydrogens (tertiary/aromatic N) is 5. The number of fused-ring (bicyclic) bond motifs is 1. The zero-order chi connectivity index (χ0) is 23.6. The average molecular weight is 470 g/mol. The minimum atomic E-state index is -4.41. The molecule has 0 unspecified atom stereocenters. The van der Waals surface area contributed by atoms with E-state index < -0.39 is 26.6 Å². The predicted molar refractivity (Wildman–Crippen MR) is 115 cm³/mol. The molecule has 0 atom stereocenters. The van der Waals surface area contributed by atoms with Crippen LogP contribution in [0.4, 0.5) is 14.5 Å². The van der Waals surface area contributed by atoms with Gasteiger partial charge in [0.05, 0.1) is 12.8 Å². The summed E-state index contributed by atoms with van der Waals surface area (Å²) in [5.41, 5.74) is 1.27. The van der Waals surface area contributed by atoms with E-state index in [1.807, 2.05) is 6.92 Å². The van der Waals surface area contributed by atoms with Crippen LogP contribution in [-0.4, -0.2) is 40.3 Å². The highest BCUT2D eigenvalue weighted by molar-refractivity contribution is 7.92. The SMILES string of the molecule is CCC#Cc1nnc2ccc(-c3cnc(OC)c(NS(=O)(=O)c4ccc(F)cc4F)c3)nn12. The maximum atomic E-state index is 14.1. The minimum absolute atomic E-state index is 0.0512. The van der Waals surface area contributed by atoms with Crippen LogP contribution in [0.1, 0.15) is 19.2 Å². The Morgan fingerprint density at radius 1 is 1.15 bits per heavy atom. The number of rotatable bonds is 5. The topological polar surface area (TPSA) is 111 Å². The molecule has 4 rings (SSSR count). The van der Waals surface area contributed by atoms with E-state index in [-0.39, 0.29) is 11.6 Å². The van der Waals surface area contributed by atoms with Crippen LogP contribution in [-0.2, 0) is 10.0 Å². The molecule has 4 aromatic rings. The van der Waals surface area contributed by atoms with Gasteiger partial charge in [-0.25, -0.2) is 22.2 Å². The molecule has 0 bridgehead atoms. The lowest BCUT2D eigenvalue weighted by Gasteiger charge is -2.13. The van der Waals surface area contributed by atoms with Crippen molar-refractivity contribution < 1.29 is 21.9 Å². The van der Waals surface area contributed by atoms with E-state index >= 15 is 0 Å². The number of nitrogens with one attached hydrogen (secondary N) is 1. The fraction of sp³-hybridized carbons (Fsp3) is 0.143. The van der Waals surface area contributed by atoms with Gasteiger partial charge in [-0.1, -0.05) is 12.8 Å². The first kappa shape index (κ1) is 22.1. The summed E-state index contributed by atoms with van der Waals surface area (Å²) < 4.78 is 61.6. The second kappa shape index (κ2) is 8.79. The fourth-order valence-corrected chi connectivity index (χ4v) is 4.02. The van der Waals surface area contributed by atoms with E-state index in [1.165, 1.54) is 23.9 Å². The number of benzene rings is 1. The number of anilines is 1. The van der Waals surface area contributed by atoms with Crippen molar-refractivity contribution in [3.05, 3.63) is 60.1 Å². The largest absolute Gasteiger partial charge is 0.480 e. The predicted octanol–water partition coefficient (Wildman–Crippen LogP) is 3.04. The second-order valence-corrected chi connectivity index (χ2v) is 8.28. The number of methoxy groups -OCH3 is 1. The summed E-state index contributed by atoms with van der Waals surface area (Å²) in [6, 6.07) is 6.92. The van der Waals surface area contributed by atoms with Gasteiger partial charge in [-0.05, 0) is 36.3 Å². The van der Waals surface area contributed by atoms with Gasteiger partial charge in [0.25, 0.3) is 10.0 Å². The standard InChI is InChI=1S/C21H16F2N6O3S/c1-3-4-5-19-25-26-20-9-7-16(27-29(19)20)13-10-17(21(32-2)24-12-13)28-33(30,31)18-8-6-14(22)11-15(18)23/h6-12,28H,3H2,1-2H3. The maximum absolute atomic E-state index is 14.1. The lowest BCUT2D eigenvalue weighted by atomic mass is 10.2. The molecule has 0 saturated carbocycles. The molecular formula is C21H16F2N6O3S. The number of hydrogen-bond acceptors (Lipinski definition) is 7. The van der Waals surface area contributed by atoms with E-state index in [0.29, 0.717) is 35.2 Å². The van der Waals surface area contributed by atoms with Gasteiger partial charge in [0, 0.05) is 24.2 Å². The number of hydrogen-bond donors (Lipinski definition) is 1. The molecule has 3 heterocycles. The third kappa shape index (κ3) is 4.44.